The first-order valence-electron chi connectivity index (χ1n) is 17.0. The Labute approximate surface area is 291 Å². The van der Waals surface area contributed by atoms with E-state index in [2.05, 4.69) is 192 Å². The molecule has 0 amide bonds. The molecule has 0 saturated heterocycles. The Hall–Kier alpha value is -6.64. The molecule has 0 unspecified atom stereocenters. The molecule has 7 aromatic carbocycles. The van der Waals surface area contributed by atoms with E-state index in [4.69, 9.17) is 0 Å². The first-order chi connectivity index (χ1) is 24.7. The first-order valence-corrected chi connectivity index (χ1v) is 17.0. The van der Waals surface area contributed by atoms with Crippen molar-refractivity contribution >= 4 is 66.4 Å². The maximum Gasteiger partial charge on any atom is 0.0541 e. The lowest BCUT2D eigenvalue weighted by atomic mass is 10.0. The van der Waals surface area contributed by atoms with E-state index in [1.807, 2.05) is 12.2 Å². The smallest absolute Gasteiger partial charge is 0.0541 e. The number of hydrogen-bond acceptors (Lipinski definition) is 0. The maximum absolute atomic E-state index is 4.35. The summed E-state index contributed by atoms with van der Waals surface area (Å²) >= 11 is 0. The zero-order valence-electron chi connectivity index (χ0n) is 27.6. The monoisotopic (exact) mass is 638 g/mol. The summed E-state index contributed by atoms with van der Waals surface area (Å²) in [7, 11) is 0. The van der Waals surface area contributed by atoms with Gasteiger partial charge in [-0.15, -0.1) is 0 Å². The molecule has 0 N–H and O–H groups in total. The molecule has 0 atom stereocenters. The fourth-order valence-corrected chi connectivity index (χ4v) is 7.69. The predicted molar refractivity (Wildman–Crippen MR) is 216 cm³/mol. The van der Waals surface area contributed by atoms with E-state index in [1.165, 1.54) is 43.5 Å². The topological polar surface area (TPSA) is 9.86 Å². The van der Waals surface area contributed by atoms with Crippen molar-refractivity contribution in [2.24, 2.45) is 0 Å². The Morgan fingerprint density at radius 3 is 1.44 bits per heavy atom. The highest BCUT2D eigenvalue weighted by Gasteiger charge is 2.15. The number of nitrogens with zero attached hydrogens (tertiary/aromatic N) is 2. The van der Waals surface area contributed by atoms with Crippen LogP contribution in [0.15, 0.2) is 183 Å². The second kappa shape index (κ2) is 12.1. The minimum atomic E-state index is 0.982. The standard InChI is InChI=1S/C48H34N2/c1-3-37-38-18-8-9-19-39(38)40-20-10-11-21-41(40)42-22-12-14-24-46(42)49(45(37)4-2)36-29-26-33(27-30-36)34-28-31-48-44(32-34)43-23-13-15-25-47(43)50(48)35-16-6-5-7-17-35/h3-32H,1-2H2. The molecular weight excluding hydrogens is 605 g/mol. The molecule has 0 saturated carbocycles. The second-order valence-corrected chi connectivity index (χ2v) is 12.6. The van der Waals surface area contributed by atoms with Crippen molar-refractivity contribution in [2.75, 3.05) is 0 Å². The summed E-state index contributed by atoms with van der Waals surface area (Å²) in [4.78, 5) is 0. The molecule has 0 radical (unpaired) electrons. The van der Waals surface area contributed by atoms with Gasteiger partial charge in [0.05, 0.1) is 22.2 Å². The van der Waals surface area contributed by atoms with E-state index in [0.717, 1.165) is 44.5 Å². The summed E-state index contributed by atoms with van der Waals surface area (Å²) in [6.45, 7) is 8.66. The first kappa shape index (κ1) is 29.5. The predicted octanol–water partition coefficient (Wildman–Crippen LogP) is 13.1. The average Bonchev–Trinajstić information content (AvgIpc) is 3.53. The van der Waals surface area contributed by atoms with Gasteiger partial charge in [0.15, 0.2) is 0 Å². The highest BCUT2D eigenvalue weighted by atomic mass is 15.0. The summed E-state index contributed by atoms with van der Waals surface area (Å²) in [6.07, 6.45) is 3.93. The molecule has 2 heteroatoms. The van der Waals surface area contributed by atoms with Crippen LogP contribution in [0.3, 0.4) is 0 Å². The summed E-state index contributed by atoms with van der Waals surface area (Å²) in [5.41, 5.74) is 10.1. The van der Waals surface area contributed by atoms with E-state index >= 15 is 0 Å². The zero-order valence-corrected chi connectivity index (χ0v) is 27.6. The Bertz CT molecular complexity index is 2830. The number of fused-ring (bicyclic) bond motifs is 8. The van der Waals surface area contributed by atoms with Crippen LogP contribution >= 0.6 is 0 Å². The summed E-state index contributed by atoms with van der Waals surface area (Å²) in [5, 5.41) is 8.33. The largest absolute Gasteiger partial charge is 0.309 e. The lowest BCUT2D eigenvalue weighted by Gasteiger charge is -2.16. The fraction of sp³-hybridized carbons (Fsp3) is 0. The van der Waals surface area contributed by atoms with Crippen molar-refractivity contribution in [3.63, 3.8) is 0 Å². The molecule has 2 heterocycles. The third kappa shape index (κ3) is 4.65. The van der Waals surface area contributed by atoms with Crippen LogP contribution in [0.5, 0.6) is 0 Å². The van der Waals surface area contributed by atoms with Gasteiger partial charge in [0.2, 0.25) is 0 Å². The van der Waals surface area contributed by atoms with Crippen molar-refractivity contribution in [2.45, 2.75) is 0 Å². The lowest BCUT2D eigenvalue weighted by molar-refractivity contribution is 1.09. The molecule has 0 aliphatic rings. The third-order valence-corrected chi connectivity index (χ3v) is 9.93. The van der Waals surface area contributed by atoms with Gasteiger partial charge in [0, 0.05) is 33.1 Å². The molecule has 0 spiro atoms. The molecule has 50 heavy (non-hydrogen) atoms. The molecular formula is C48H34N2. The van der Waals surface area contributed by atoms with Gasteiger partial charge >= 0.3 is 0 Å². The van der Waals surface area contributed by atoms with E-state index in [0.29, 0.717) is 0 Å². The number of para-hydroxylation sites is 3. The van der Waals surface area contributed by atoms with Crippen LogP contribution in [0.1, 0.15) is 11.3 Å². The summed E-state index contributed by atoms with van der Waals surface area (Å²) in [5.74, 6) is 0. The number of rotatable bonds is 5. The Morgan fingerprint density at radius 2 is 0.800 bits per heavy atom. The maximum atomic E-state index is 4.35. The molecule has 0 fully saturated rings. The van der Waals surface area contributed by atoms with Crippen LogP contribution < -0.4 is 0 Å². The minimum Gasteiger partial charge on any atom is -0.309 e. The molecule has 0 aliphatic heterocycles. The van der Waals surface area contributed by atoms with Gasteiger partial charge in [-0.25, -0.2) is 0 Å². The fourth-order valence-electron chi connectivity index (χ4n) is 7.69. The molecule has 0 bridgehead atoms. The molecule has 236 valence electrons. The van der Waals surface area contributed by atoms with Crippen LogP contribution in [0.2, 0.25) is 0 Å². The van der Waals surface area contributed by atoms with E-state index in [-0.39, 0.29) is 0 Å². The molecule has 2 nitrogen and oxygen atoms in total. The van der Waals surface area contributed by atoms with Crippen LogP contribution in [-0.4, -0.2) is 9.13 Å². The van der Waals surface area contributed by atoms with Crippen LogP contribution in [-0.2, 0) is 0 Å². The van der Waals surface area contributed by atoms with Crippen molar-refractivity contribution < 1.29 is 0 Å². The van der Waals surface area contributed by atoms with Crippen molar-refractivity contribution in [1.82, 2.24) is 9.13 Å². The SMILES string of the molecule is C=Cc1c(C=C)n(-c2ccc(-c3ccc4c(c3)c3ccccc3n4-c3ccccc3)cc2)c2ccccc2c2ccccc2c2ccccc12. The highest BCUT2D eigenvalue weighted by molar-refractivity contribution is 6.16. The van der Waals surface area contributed by atoms with Crippen molar-refractivity contribution in [3.8, 4) is 22.5 Å². The Kier molecular flexibility index (Phi) is 7.14. The molecule has 0 aliphatic carbocycles. The normalized spacial score (nSPS) is 11.4. The van der Waals surface area contributed by atoms with Gasteiger partial charge in [0.25, 0.3) is 0 Å². The van der Waals surface area contributed by atoms with Gasteiger partial charge in [-0.2, -0.15) is 0 Å². The zero-order chi connectivity index (χ0) is 33.6. The Morgan fingerprint density at radius 1 is 0.340 bits per heavy atom. The second-order valence-electron chi connectivity index (χ2n) is 12.6. The minimum absolute atomic E-state index is 0.982. The highest BCUT2D eigenvalue weighted by Crippen LogP contribution is 2.37. The van der Waals surface area contributed by atoms with Gasteiger partial charge in [-0.3, -0.25) is 0 Å². The van der Waals surface area contributed by atoms with Gasteiger partial charge in [-0.1, -0.05) is 141 Å². The van der Waals surface area contributed by atoms with E-state index in [1.54, 1.807) is 0 Å². The number of hydrogen-bond donors (Lipinski definition) is 0. The van der Waals surface area contributed by atoms with Crippen molar-refractivity contribution in [1.29, 1.82) is 0 Å². The van der Waals surface area contributed by atoms with Crippen LogP contribution in [0, 0.1) is 0 Å². The lowest BCUT2D eigenvalue weighted by Crippen LogP contribution is -2.02. The molecule has 2 aromatic heterocycles. The van der Waals surface area contributed by atoms with Crippen molar-refractivity contribution in [3.05, 3.63) is 194 Å². The van der Waals surface area contributed by atoms with Gasteiger partial charge in [-0.05, 0) is 87.3 Å². The molecule has 9 rings (SSSR count). The number of aromatic nitrogens is 2. The van der Waals surface area contributed by atoms with Crippen LogP contribution in [0.4, 0.5) is 0 Å². The van der Waals surface area contributed by atoms with Gasteiger partial charge < -0.3 is 9.13 Å². The quantitative estimate of drug-likeness (QED) is 0.178. The molecule has 9 aromatic rings. The third-order valence-electron chi connectivity index (χ3n) is 9.93. The number of benzene rings is 7. The van der Waals surface area contributed by atoms with Gasteiger partial charge in [0.1, 0.15) is 0 Å². The Balaban J connectivity index is 1.29. The van der Waals surface area contributed by atoms with Crippen LogP contribution in [0.25, 0.3) is 88.9 Å². The summed E-state index contributed by atoms with van der Waals surface area (Å²) in [6, 6.07) is 61.0. The average molecular weight is 639 g/mol. The van der Waals surface area contributed by atoms with E-state index in [9.17, 15) is 0 Å². The summed E-state index contributed by atoms with van der Waals surface area (Å²) < 4.78 is 4.69. The van der Waals surface area contributed by atoms with E-state index < -0.39 is 0 Å².